The molecule has 1 aromatic carbocycles. The lowest BCUT2D eigenvalue weighted by Crippen LogP contribution is -2.17. The number of hydrogen-bond donors (Lipinski definition) is 2. The predicted molar refractivity (Wildman–Crippen MR) is 89.0 cm³/mol. The SMILES string of the molecule is Cc1nc2n[nH]c(N)c2c(C)c1-c1ccc2c(c1)CN(C)C2=O. The van der Waals surface area contributed by atoms with E-state index in [1.54, 1.807) is 4.90 Å². The van der Waals surface area contributed by atoms with Gasteiger partial charge >= 0.3 is 0 Å². The molecule has 116 valence electrons. The van der Waals surface area contributed by atoms with Gasteiger partial charge in [-0.3, -0.25) is 9.89 Å². The van der Waals surface area contributed by atoms with Crippen LogP contribution in [0.4, 0.5) is 5.82 Å². The standard InChI is InChI=1S/C17H17N5O/c1-8-13(9(2)19-16-14(8)15(18)20-21-16)10-4-5-12-11(6-10)7-22(3)17(12)23/h4-6H,7H2,1-3H3,(H3,18,19,20,21). The maximum atomic E-state index is 12.0. The number of nitrogens with zero attached hydrogens (tertiary/aromatic N) is 3. The quantitative estimate of drug-likeness (QED) is 0.722. The summed E-state index contributed by atoms with van der Waals surface area (Å²) in [6.07, 6.45) is 0. The van der Waals surface area contributed by atoms with E-state index in [0.717, 1.165) is 38.9 Å². The number of aryl methyl sites for hydroxylation is 2. The molecule has 2 aromatic heterocycles. The van der Waals surface area contributed by atoms with Crippen molar-refractivity contribution in [2.45, 2.75) is 20.4 Å². The second-order valence-electron chi connectivity index (χ2n) is 6.07. The van der Waals surface area contributed by atoms with Crippen LogP contribution in [0, 0.1) is 13.8 Å². The van der Waals surface area contributed by atoms with E-state index in [1.807, 2.05) is 33.0 Å². The van der Waals surface area contributed by atoms with Gasteiger partial charge in [-0.15, -0.1) is 0 Å². The smallest absolute Gasteiger partial charge is 0.254 e. The number of fused-ring (bicyclic) bond motifs is 2. The van der Waals surface area contributed by atoms with Crippen LogP contribution in [0.2, 0.25) is 0 Å². The number of aromatic nitrogens is 3. The average Bonchev–Trinajstić information content (AvgIpc) is 3.00. The molecular weight excluding hydrogens is 290 g/mol. The normalized spacial score (nSPS) is 13.9. The number of anilines is 1. The Bertz CT molecular complexity index is 973. The van der Waals surface area contributed by atoms with Crippen LogP contribution in [0.1, 0.15) is 27.2 Å². The first-order valence-corrected chi connectivity index (χ1v) is 7.47. The molecule has 0 saturated carbocycles. The van der Waals surface area contributed by atoms with E-state index < -0.39 is 0 Å². The van der Waals surface area contributed by atoms with Gasteiger partial charge < -0.3 is 10.6 Å². The molecule has 0 saturated heterocycles. The first kappa shape index (κ1) is 13.8. The van der Waals surface area contributed by atoms with Gasteiger partial charge in [0.25, 0.3) is 5.91 Å². The highest BCUT2D eigenvalue weighted by Crippen LogP contribution is 2.35. The molecule has 0 aliphatic carbocycles. The lowest BCUT2D eigenvalue weighted by Gasteiger charge is -2.11. The third-order valence-corrected chi connectivity index (χ3v) is 4.54. The fraction of sp³-hybridized carbons (Fsp3) is 0.235. The highest BCUT2D eigenvalue weighted by molar-refractivity contribution is 5.99. The van der Waals surface area contributed by atoms with Gasteiger partial charge in [0.15, 0.2) is 5.65 Å². The number of aromatic amines is 1. The molecule has 0 atom stereocenters. The molecule has 6 nitrogen and oxygen atoms in total. The number of H-pyrrole nitrogens is 1. The molecular formula is C17H17N5O. The van der Waals surface area contributed by atoms with Crippen molar-refractivity contribution >= 4 is 22.8 Å². The number of amides is 1. The number of carbonyl (C=O) groups is 1. The van der Waals surface area contributed by atoms with Gasteiger partial charge in [0.1, 0.15) is 5.82 Å². The summed E-state index contributed by atoms with van der Waals surface area (Å²) in [6, 6.07) is 5.96. The zero-order valence-corrected chi connectivity index (χ0v) is 13.3. The second kappa shape index (κ2) is 4.55. The molecule has 3 aromatic rings. The average molecular weight is 307 g/mol. The molecule has 3 N–H and O–H groups in total. The number of benzene rings is 1. The Kier molecular flexibility index (Phi) is 2.72. The van der Waals surface area contributed by atoms with Gasteiger partial charge in [-0.2, -0.15) is 5.10 Å². The molecule has 6 heteroatoms. The van der Waals surface area contributed by atoms with Crippen LogP contribution >= 0.6 is 0 Å². The van der Waals surface area contributed by atoms with Crippen molar-refractivity contribution in [1.82, 2.24) is 20.1 Å². The molecule has 23 heavy (non-hydrogen) atoms. The van der Waals surface area contributed by atoms with Crippen molar-refractivity contribution < 1.29 is 4.79 Å². The number of carbonyl (C=O) groups excluding carboxylic acids is 1. The minimum Gasteiger partial charge on any atom is -0.384 e. The number of rotatable bonds is 1. The minimum atomic E-state index is 0.0765. The third-order valence-electron chi connectivity index (χ3n) is 4.54. The Hall–Kier alpha value is -2.89. The largest absolute Gasteiger partial charge is 0.384 e. The van der Waals surface area contributed by atoms with Crippen molar-refractivity contribution in [2.24, 2.45) is 0 Å². The lowest BCUT2D eigenvalue weighted by molar-refractivity contribution is 0.0816. The van der Waals surface area contributed by atoms with Crippen molar-refractivity contribution in [3.8, 4) is 11.1 Å². The minimum absolute atomic E-state index is 0.0765. The van der Waals surface area contributed by atoms with Gasteiger partial charge in [0, 0.05) is 30.4 Å². The molecule has 1 amide bonds. The zero-order valence-electron chi connectivity index (χ0n) is 13.3. The van der Waals surface area contributed by atoms with Crippen molar-refractivity contribution in [3.05, 3.63) is 40.6 Å². The Balaban J connectivity index is 1.95. The van der Waals surface area contributed by atoms with Crippen molar-refractivity contribution in [2.75, 3.05) is 12.8 Å². The first-order valence-electron chi connectivity index (χ1n) is 7.47. The molecule has 0 unspecified atom stereocenters. The van der Waals surface area contributed by atoms with E-state index in [0.29, 0.717) is 18.0 Å². The molecule has 1 aliphatic heterocycles. The molecule has 0 spiro atoms. The van der Waals surface area contributed by atoms with Crippen LogP contribution < -0.4 is 5.73 Å². The Morgan fingerprint density at radius 1 is 1.30 bits per heavy atom. The van der Waals surface area contributed by atoms with Crippen LogP contribution in [-0.4, -0.2) is 33.0 Å². The van der Waals surface area contributed by atoms with Gasteiger partial charge in [-0.1, -0.05) is 6.07 Å². The van der Waals surface area contributed by atoms with E-state index >= 15 is 0 Å². The van der Waals surface area contributed by atoms with Crippen molar-refractivity contribution in [3.63, 3.8) is 0 Å². The maximum absolute atomic E-state index is 12.0. The van der Waals surface area contributed by atoms with Gasteiger partial charge in [0.2, 0.25) is 0 Å². The summed E-state index contributed by atoms with van der Waals surface area (Å²) < 4.78 is 0. The zero-order chi connectivity index (χ0) is 16.3. The van der Waals surface area contributed by atoms with Crippen LogP contribution in [0.3, 0.4) is 0 Å². The summed E-state index contributed by atoms with van der Waals surface area (Å²) >= 11 is 0. The van der Waals surface area contributed by atoms with Crippen molar-refractivity contribution in [1.29, 1.82) is 0 Å². The fourth-order valence-electron chi connectivity index (χ4n) is 3.45. The summed E-state index contributed by atoms with van der Waals surface area (Å²) in [7, 11) is 1.82. The summed E-state index contributed by atoms with van der Waals surface area (Å²) in [5, 5.41) is 7.79. The summed E-state index contributed by atoms with van der Waals surface area (Å²) in [5.74, 6) is 0.606. The number of nitrogen functional groups attached to an aromatic ring is 1. The molecule has 0 fully saturated rings. The van der Waals surface area contributed by atoms with Crippen LogP contribution in [0.5, 0.6) is 0 Å². The topological polar surface area (TPSA) is 87.9 Å². The lowest BCUT2D eigenvalue weighted by atomic mass is 9.94. The first-order chi connectivity index (χ1) is 11.0. The van der Waals surface area contributed by atoms with E-state index in [-0.39, 0.29) is 5.91 Å². The van der Waals surface area contributed by atoms with Gasteiger partial charge in [-0.05, 0) is 42.7 Å². The predicted octanol–water partition coefficient (Wildman–Crippen LogP) is 2.41. The second-order valence-corrected chi connectivity index (χ2v) is 6.07. The molecule has 4 rings (SSSR count). The summed E-state index contributed by atoms with van der Waals surface area (Å²) in [4.78, 5) is 18.3. The number of nitrogens with one attached hydrogen (secondary N) is 1. The number of hydrogen-bond acceptors (Lipinski definition) is 4. The number of nitrogens with two attached hydrogens (primary N) is 1. The monoisotopic (exact) mass is 307 g/mol. The molecule has 0 radical (unpaired) electrons. The Morgan fingerprint density at radius 2 is 2.09 bits per heavy atom. The van der Waals surface area contributed by atoms with Crippen LogP contribution in [0.25, 0.3) is 22.2 Å². The molecule has 0 bridgehead atoms. The van der Waals surface area contributed by atoms with E-state index in [9.17, 15) is 4.79 Å². The van der Waals surface area contributed by atoms with Crippen LogP contribution in [0.15, 0.2) is 18.2 Å². The van der Waals surface area contributed by atoms with Gasteiger partial charge in [-0.25, -0.2) is 4.98 Å². The Morgan fingerprint density at radius 3 is 2.87 bits per heavy atom. The van der Waals surface area contributed by atoms with Crippen LogP contribution in [-0.2, 0) is 6.54 Å². The molecule has 1 aliphatic rings. The maximum Gasteiger partial charge on any atom is 0.254 e. The highest BCUT2D eigenvalue weighted by atomic mass is 16.2. The van der Waals surface area contributed by atoms with E-state index in [1.165, 1.54) is 0 Å². The summed E-state index contributed by atoms with van der Waals surface area (Å²) in [5.41, 5.74) is 12.5. The summed E-state index contributed by atoms with van der Waals surface area (Å²) in [6.45, 7) is 4.64. The van der Waals surface area contributed by atoms with E-state index in [4.69, 9.17) is 5.73 Å². The highest BCUT2D eigenvalue weighted by Gasteiger charge is 2.25. The fourth-order valence-corrected chi connectivity index (χ4v) is 3.45. The third kappa shape index (κ3) is 1.84. The Labute approximate surface area is 133 Å². The molecule has 3 heterocycles. The van der Waals surface area contributed by atoms with E-state index in [2.05, 4.69) is 21.2 Å². The number of pyridine rings is 1. The van der Waals surface area contributed by atoms with Gasteiger partial charge in [0.05, 0.1) is 5.39 Å².